The van der Waals surface area contributed by atoms with Gasteiger partial charge in [0.25, 0.3) is 0 Å². The lowest BCUT2D eigenvalue weighted by Crippen LogP contribution is -2.36. The number of hydrogen-bond acceptors (Lipinski definition) is 4. The zero-order valence-electron chi connectivity index (χ0n) is 15.1. The van der Waals surface area contributed by atoms with Crippen LogP contribution in [0.4, 0.5) is 0 Å². The fourth-order valence-electron chi connectivity index (χ4n) is 2.36. The van der Waals surface area contributed by atoms with Crippen molar-refractivity contribution >= 4 is 29.9 Å². The number of aryl methyl sites for hydroxylation is 2. The lowest BCUT2D eigenvalue weighted by molar-refractivity contribution is 0.572. The molecular formula is C18H23IN6O. The summed E-state index contributed by atoms with van der Waals surface area (Å²) >= 11 is 0. The van der Waals surface area contributed by atoms with Crippen molar-refractivity contribution in [2.45, 2.75) is 20.0 Å². The molecule has 0 aliphatic rings. The molecule has 0 aliphatic heterocycles. The van der Waals surface area contributed by atoms with Crippen LogP contribution in [0.15, 0.2) is 52.2 Å². The van der Waals surface area contributed by atoms with E-state index in [1.165, 1.54) is 5.56 Å². The van der Waals surface area contributed by atoms with E-state index < -0.39 is 0 Å². The van der Waals surface area contributed by atoms with Gasteiger partial charge in [0.15, 0.2) is 5.96 Å². The molecule has 2 aromatic heterocycles. The highest BCUT2D eigenvalue weighted by molar-refractivity contribution is 14.0. The summed E-state index contributed by atoms with van der Waals surface area (Å²) in [7, 11) is 3.65. The monoisotopic (exact) mass is 466 g/mol. The Labute approximate surface area is 169 Å². The summed E-state index contributed by atoms with van der Waals surface area (Å²) in [5.41, 5.74) is 4.07. The Morgan fingerprint density at radius 1 is 1.15 bits per heavy atom. The molecule has 3 aromatic rings. The van der Waals surface area contributed by atoms with Crippen LogP contribution >= 0.6 is 24.0 Å². The molecule has 0 radical (unpaired) electrons. The van der Waals surface area contributed by atoms with Crippen LogP contribution in [-0.4, -0.2) is 27.8 Å². The molecule has 0 spiro atoms. The summed E-state index contributed by atoms with van der Waals surface area (Å²) in [5, 5.41) is 10.6. The number of nitrogens with one attached hydrogen (secondary N) is 2. The van der Waals surface area contributed by atoms with Crippen molar-refractivity contribution in [3.05, 3.63) is 59.7 Å². The number of nitrogens with zero attached hydrogens (tertiary/aromatic N) is 4. The third kappa shape index (κ3) is 5.07. The lowest BCUT2D eigenvalue weighted by Gasteiger charge is -2.10. The SMILES string of the molecule is CN=C(NCc1coc(-c2ccc(C)cc2)n1)NCc1ccnn1C.I. The number of halogens is 1. The second kappa shape index (κ2) is 9.37. The molecule has 0 amide bonds. The molecule has 0 fully saturated rings. The molecule has 0 aliphatic carbocycles. The highest BCUT2D eigenvalue weighted by Crippen LogP contribution is 2.18. The molecule has 1 aromatic carbocycles. The number of aromatic nitrogens is 3. The molecule has 2 heterocycles. The van der Waals surface area contributed by atoms with Crippen molar-refractivity contribution in [1.29, 1.82) is 0 Å². The molecular weight excluding hydrogens is 443 g/mol. The van der Waals surface area contributed by atoms with Crippen LogP contribution < -0.4 is 10.6 Å². The fourth-order valence-corrected chi connectivity index (χ4v) is 2.36. The molecule has 2 N–H and O–H groups in total. The summed E-state index contributed by atoms with van der Waals surface area (Å²) in [6.45, 7) is 3.23. The second-order valence-electron chi connectivity index (χ2n) is 5.74. The van der Waals surface area contributed by atoms with Crippen molar-refractivity contribution in [2.24, 2.45) is 12.0 Å². The van der Waals surface area contributed by atoms with Crippen molar-refractivity contribution in [1.82, 2.24) is 25.4 Å². The summed E-state index contributed by atoms with van der Waals surface area (Å²) in [5.74, 6) is 1.32. The Bertz CT molecular complexity index is 853. The molecule has 3 rings (SSSR count). The quantitative estimate of drug-likeness (QED) is 0.344. The first-order valence-electron chi connectivity index (χ1n) is 8.08. The zero-order chi connectivity index (χ0) is 17.6. The third-order valence-electron chi connectivity index (χ3n) is 3.87. The van der Waals surface area contributed by atoms with Gasteiger partial charge in [-0.05, 0) is 25.1 Å². The maximum absolute atomic E-state index is 5.57. The Balaban J connectivity index is 0.00000243. The minimum atomic E-state index is 0. The summed E-state index contributed by atoms with van der Waals surface area (Å²) in [6.07, 6.45) is 3.44. The predicted molar refractivity (Wildman–Crippen MR) is 112 cm³/mol. The number of aliphatic imine (C=N–C) groups is 1. The van der Waals surface area contributed by atoms with Crippen molar-refractivity contribution < 1.29 is 4.42 Å². The maximum atomic E-state index is 5.57. The smallest absolute Gasteiger partial charge is 0.226 e. The summed E-state index contributed by atoms with van der Waals surface area (Å²) in [4.78, 5) is 8.73. The highest BCUT2D eigenvalue weighted by Gasteiger charge is 2.07. The van der Waals surface area contributed by atoms with Gasteiger partial charge in [0.1, 0.15) is 6.26 Å². The van der Waals surface area contributed by atoms with E-state index in [9.17, 15) is 0 Å². The minimum Gasteiger partial charge on any atom is -0.444 e. The number of oxazole rings is 1. The van der Waals surface area contributed by atoms with Crippen LogP contribution in [0.1, 0.15) is 17.0 Å². The molecule has 0 saturated carbocycles. The fraction of sp³-hybridized carbons (Fsp3) is 0.278. The van der Waals surface area contributed by atoms with Gasteiger partial charge in [-0.1, -0.05) is 17.7 Å². The first-order valence-corrected chi connectivity index (χ1v) is 8.08. The molecule has 26 heavy (non-hydrogen) atoms. The minimum absolute atomic E-state index is 0. The Morgan fingerprint density at radius 2 is 1.88 bits per heavy atom. The molecule has 0 saturated heterocycles. The van der Waals surface area contributed by atoms with Gasteiger partial charge in [0.2, 0.25) is 5.89 Å². The van der Waals surface area contributed by atoms with Gasteiger partial charge < -0.3 is 15.1 Å². The van der Waals surface area contributed by atoms with Crippen molar-refractivity contribution in [3.63, 3.8) is 0 Å². The number of benzene rings is 1. The van der Waals surface area contributed by atoms with Gasteiger partial charge in [0, 0.05) is 25.9 Å². The lowest BCUT2D eigenvalue weighted by atomic mass is 10.1. The standard InChI is InChI=1S/C18H22N6O.HI/c1-13-4-6-14(7-5-13)17-23-15(12-25-17)10-20-18(19-2)21-11-16-8-9-22-24(16)3;/h4-9,12H,10-11H2,1-3H3,(H2,19,20,21);1H. The first-order chi connectivity index (χ1) is 12.2. The van der Waals surface area contributed by atoms with Gasteiger partial charge in [-0.15, -0.1) is 24.0 Å². The highest BCUT2D eigenvalue weighted by atomic mass is 127. The third-order valence-corrected chi connectivity index (χ3v) is 3.87. The topological polar surface area (TPSA) is 80.3 Å². The number of guanidine groups is 1. The molecule has 138 valence electrons. The predicted octanol–water partition coefficient (Wildman–Crippen LogP) is 2.87. The first kappa shape index (κ1) is 20.0. The van der Waals surface area contributed by atoms with Crippen molar-refractivity contribution in [2.75, 3.05) is 7.05 Å². The van der Waals surface area contributed by atoms with Gasteiger partial charge >= 0.3 is 0 Å². The average Bonchev–Trinajstić information content (AvgIpc) is 3.25. The Morgan fingerprint density at radius 3 is 2.54 bits per heavy atom. The van der Waals surface area contributed by atoms with E-state index in [4.69, 9.17) is 4.42 Å². The van der Waals surface area contributed by atoms with Crippen LogP contribution in [0.5, 0.6) is 0 Å². The molecule has 7 nitrogen and oxygen atoms in total. The van der Waals surface area contributed by atoms with Crippen molar-refractivity contribution in [3.8, 4) is 11.5 Å². The van der Waals surface area contributed by atoms with E-state index in [-0.39, 0.29) is 24.0 Å². The van der Waals surface area contributed by atoms with Gasteiger partial charge in [0.05, 0.1) is 24.5 Å². The van der Waals surface area contributed by atoms with Gasteiger partial charge in [-0.2, -0.15) is 5.10 Å². The number of hydrogen-bond donors (Lipinski definition) is 2. The van der Waals surface area contributed by atoms with Crippen LogP contribution in [0.3, 0.4) is 0 Å². The van der Waals surface area contributed by atoms with E-state index in [0.717, 1.165) is 17.0 Å². The largest absolute Gasteiger partial charge is 0.444 e. The van der Waals surface area contributed by atoms with Gasteiger partial charge in [-0.25, -0.2) is 4.98 Å². The van der Waals surface area contributed by atoms with E-state index in [0.29, 0.717) is 24.9 Å². The summed E-state index contributed by atoms with van der Waals surface area (Å²) < 4.78 is 7.39. The van der Waals surface area contributed by atoms with E-state index in [2.05, 4.69) is 32.6 Å². The molecule has 0 unspecified atom stereocenters. The van der Waals surface area contributed by atoms with E-state index in [1.807, 2.05) is 42.1 Å². The zero-order valence-corrected chi connectivity index (χ0v) is 17.4. The normalized spacial score (nSPS) is 11.1. The van der Waals surface area contributed by atoms with Gasteiger partial charge in [-0.3, -0.25) is 9.67 Å². The number of rotatable bonds is 5. The van der Waals surface area contributed by atoms with Crippen LogP contribution in [0.2, 0.25) is 0 Å². The molecule has 0 atom stereocenters. The summed E-state index contributed by atoms with van der Waals surface area (Å²) in [6, 6.07) is 10.1. The van der Waals surface area contributed by atoms with Crippen LogP contribution in [0, 0.1) is 6.92 Å². The van der Waals surface area contributed by atoms with E-state index in [1.54, 1.807) is 19.5 Å². The average molecular weight is 466 g/mol. The van der Waals surface area contributed by atoms with Crippen LogP contribution in [0.25, 0.3) is 11.5 Å². The Kier molecular flexibility index (Phi) is 7.19. The maximum Gasteiger partial charge on any atom is 0.226 e. The van der Waals surface area contributed by atoms with E-state index >= 15 is 0 Å². The van der Waals surface area contributed by atoms with Crippen LogP contribution in [-0.2, 0) is 20.1 Å². The molecule has 0 bridgehead atoms. The molecule has 8 heteroatoms. The Hall–Kier alpha value is -2.36. The second-order valence-corrected chi connectivity index (χ2v) is 5.74.